The van der Waals surface area contributed by atoms with E-state index in [9.17, 15) is 8.42 Å². The lowest BCUT2D eigenvalue weighted by Crippen LogP contribution is -2.07. The maximum Gasteiger partial charge on any atom is 0.234 e. The van der Waals surface area contributed by atoms with Gasteiger partial charge in [-0.1, -0.05) is 42.5 Å². The number of nitrogens with zero attached hydrogens (tertiary/aromatic N) is 1. The molecule has 1 aromatic heterocycles. The summed E-state index contributed by atoms with van der Waals surface area (Å²) in [4.78, 5) is 4.46. The molecule has 0 atom stereocenters. The number of benzene rings is 2. The molecule has 0 radical (unpaired) electrons. The summed E-state index contributed by atoms with van der Waals surface area (Å²) < 4.78 is 31.7. The summed E-state index contributed by atoms with van der Waals surface area (Å²) in [6, 6.07) is 15.7. The van der Waals surface area contributed by atoms with Gasteiger partial charge in [0.15, 0.2) is 0 Å². The molecule has 0 aliphatic carbocycles. The SMILES string of the molecule is C=CCNc1oc(-c2ccccc2C)nc1S(=O)(=O)c1ccccc1. The zero-order chi connectivity index (χ0) is 17.9. The number of aromatic nitrogens is 1. The van der Waals surface area contributed by atoms with E-state index in [1.165, 1.54) is 12.1 Å². The van der Waals surface area contributed by atoms with Crippen LogP contribution in [0.3, 0.4) is 0 Å². The Bertz CT molecular complexity index is 993. The van der Waals surface area contributed by atoms with Crippen molar-refractivity contribution in [3.05, 3.63) is 72.8 Å². The Morgan fingerprint density at radius 3 is 2.48 bits per heavy atom. The van der Waals surface area contributed by atoms with Gasteiger partial charge >= 0.3 is 0 Å². The average molecular weight is 354 g/mol. The van der Waals surface area contributed by atoms with E-state index >= 15 is 0 Å². The van der Waals surface area contributed by atoms with Crippen molar-refractivity contribution in [2.75, 3.05) is 11.9 Å². The van der Waals surface area contributed by atoms with Gasteiger partial charge in [-0.2, -0.15) is 4.98 Å². The lowest BCUT2D eigenvalue weighted by atomic mass is 10.1. The quantitative estimate of drug-likeness (QED) is 0.675. The van der Waals surface area contributed by atoms with Gasteiger partial charge in [0, 0.05) is 12.1 Å². The van der Waals surface area contributed by atoms with Gasteiger partial charge in [0.1, 0.15) is 0 Å². The maximum absolute atomic E-state index is 13.0. The van der Waals surface area contributed by atoms with Crippen LogP contribution in [0.4, 0.5) is 5.88 Å². The van der Waals surface area contributed by atoms with Crippen molar-refractivity contribution in [3.8, 4) is 11.5 Å². The molecule has 0 unspecified atom stereocenters. The Hall–Kier alpha value is -2.86. The number of oxazole rings is 1. The van der Waals surface area contributed by atoms with Crippen LogP contribution in [0.25, 0.3) is 11.5 Å². The van der Waals surface area contributed by atoms with Gasteiger partial charge in [0.05, 0.1) is 4.90 Å². The zero-order valence-electron chi connectivity index (χ0n) is 13.8. The van der Waals surface area contributed by atoms with Gasteiger partial charge in [0.2, 0.25) is 26.6 Å². The highest BCUT2D eigenvalue weighted by Crippen LogP contribution is 2.33. The van der Waals surface area contributed by atoms with E-state index in [4.69, 9.17) is 4.42 Å². The highest BCUT2D eigenvalue weighted by atomic mass is 32.2. The van der Waals surface area contributed by atoms with Crippen molar-refractivity contribution in [3.63, 3.8) is 0 Å². The maximum atomic E-state index is 13.0. The van der Waals surface area contributed by atoms with Crippen molar-refractivity contribution in [1.82, 2.24) is 4.98 Å². The van der Waals surface area contributed by atoms with E-state index in [2.05, 4.69) is 16.9 Å². The average Bonchev–Trinajstić information content (AvgIpc) is 3.06. The molecule has 3 aromatic rings. The van der Waals surface area contributed by atoms with Gasteiger partial charge in [-0.15, -0.1) is 6.58 Å². The van der Waals surface area contributed by atoms with Crippen LogP contribution in [-0.2, 0) is 9.84 Å². The number of sulfone groups is 1. The Morgan fingerprint density at radius 2 is 1.80 bits per heavy atom. The molecule has 6 heteroatoms. The van der Waals surface area contributed by atoms with Crippen molar-refractivity contribution < 1.29 is 12.8 Å². The Kier molecular flexibility index (Phi) is 4.72. The van der Waals surface area contributed by atoms with E-state index in [1.807, 2.05) is 31.2 Å². The molecule has 3 rings (SSSR count). The first-order valence-corrected chi connectivity index (χ1v) is 9.24. The summed E-state index contributed by atoms with van der Waals surface area (Å²) in [5, 5.41) is 2.80. The molecule has 0 fully saturated rings. The second kappa shape index (κ2) is 6.94. The Morgan fingerprint density at radius 1 is 1.12 bits per heavy atom. The zero-order valence-corrected chi connectivity index (χ0v) is 14.6. The number of nitrogens with one attached hydrogen (secondary N) is 1. The normalized spacial score (nSPS) is 11.2. The van der Waals surface area contributed by atoms with Crippen LogP contribution in [0.5, 0.6) is 0 Å². The molecule has 0 bridgehead atoms. The fourth-order valence-corrected chi connectivity index (χ4v) is 3.70. The molecule has 0 saturated carbocycles. The minimum Gasteiger partial charge on any atom is -0.419 e. The topological polar surface area (TPSA) is 72.2 Å². The highest BCUT2D eigenvalue weighted by Gasteiger charge is 2.28. The minimum absolute atomic E-state index is 0.113. The van der Waals surface area contributed by atoms with Crippen molar-refractivity contribution in [2.45, 2.75) is 16.8 Å². The summed E-state index contributed by atoms with van der Waals surface area (Å²) in [5.41, 5.74) is 1.70. The van der Waals surface area contributed by atoms with Crippen LogP contribution < -0.4 is 5.32 Å². The third-order valence-electron chi connectivity index (χ3n) is 3.69. The van der Waals surface area contributed by atoms with Gasteiger partial charge in [0.25, 0.3) is 0 Å². The lowest BCUT2D eigenvalue weighted by molar-refractivity contribution is 0.578. The van der Waals surface area contributed by atoms with E-state index in [1.54, 1.807) is 24.3 Å². The second-order valence-corrected chi connectivity index (χ2v) is 7.32. The summed E-state index contributed by atoms with van der Waals surface area (Å²) >= 11 is 0. The van der Waals surface area contributed by atoms with E-state index < -0.39 is 9.84 Å². The first-order valence-electron chi connectivity index (χ1n) is 7.76. The molecule has 0 aliphatic heterocycles. The van der Waals surface area contributed by atoms with E-state index in [-0.39, 0.29) is 21.7 Å². The first-order chi connectivity index (χ1) is 12.0. The van der Waals surface area contributed by atoms with Crippen LogP contribution in [0.15, 0.2) is 81.6 Å². The fraction of sp³-hybridized carbons (Fsp3) is 0.105. The van der Waals surface area contributed by atoms with Crippen LogP contribution in [-0.4, -0.2) is 19.9 Å². The van der Waals surface area contributed by atoms with Crippen LogP contribution in [0.2, 0.25) is 0 Å². The smallest absolute Gasteiger partial charge is 0.234 e. The van der Waals surface area contributed by atoms with E-state index in [0.29, 0.717) is 6.54 Å². The van der Waals surface area contributed by atoms with Crippen LogP contribution in [0, 0.1) is 6.92 Å². The number of rotatable bonds is 6. The second-order valence-electron chi connectivity index (χ2n) is 5.45. The molecule has 128 valence electrons. The largest absolute Gasteiger partial charge is 0.419 e. The molecular formula is C19H18N2O3S. The molecule has 0 saturated heterocycles. The van der Waals surface area contributed by atoms with Crippen molar-refractivity contribution in [2.24, 2.45) is 0 Å². The van der Waals surface area contributed by atoms with Gasteiger partial charge < -0.3 is 9.73 Å². The van der Waals surface area contributed by atoms with Crippen molar-refractivity contribution >= 4 is 15.7 Å². The highest BCUT2D eigenvalue weighted by molar-refractivity contribution is 7.91. The fourth-order valence-electron chi connectivity index (χ4n) is 2.40. The predicted octanol–water partition coefficient (Wildman–Crippen LogP) is 4.08. The number of hydrogen-bond acceptors (Lipinski definition) is 5. The molecule has 1 N–H and O–H groups in total. The predicted molar refractivity (Wildman–Crippen MR) is 97.3 cm³/mol. The van der Waals surface area contributed by atoms with Gasteiger partial charge in [-0.25, -0.2) is 8.42 Å². The third-order valence-corrected chi connectivity index (χ3v) is 5.37. The summed E-state index contributed by atoms with van der Waals surface area (Å²) in [6.45, 7) is 5.91. The lowest BCUT2D eigenvalue weighted by Gasteiger charge is -2.03. The monoisotopic (exact) mass is 354 g/mol. The summed E-state index contributed by atoms with van der Waals surface area (Å²) in [5.74, 6) is 0.376. The first kappa shape index (κ1) is 17.0. The third kappa shape index (κ3) is 3.34. The van der Waals surface area contributed by atoms with Gasteiger partial charge in [-0.05, 0) is 30.7 Å². The molecule has 0 amide bonds. The molecule has 1 heterocycles. The molecular weight excluding hydrogens is 336 g/mol. The van der Waals surface area contributed by atoms with E-state index in [0.717, 1.165) is 11.1 Å². The van der Waals surface area contributed by atoms with Crippen LogP contribution >= 0.6 is 0 Å². The van der Waals surface area contributed by atoms with Crippen molar-refractivity contribution in [1.29, 1.82) is 0 Å². The number of hydrogen-bond donors (Lipinski definition) is 1. The summed E-state index contributed by atoms with van der Waals surface area (Å²) in [6.07, 6.45) is 1.62. The number of aryl methyl sites for hydroxylation is 1. The molecule has 5 nitrogen and oxygen atoms in total. The molecule has 25 heavy (non-hydrogen) atoms. The molecule has 0 spiro atoms. The minimum atomic E-state index is -3.80. The van der Waals surface area contributed by atoms with Crippen LogP contribution in [0.1, 0.15) is 5.56 Å². The Balaban J connectivity index is 2.15. The Labute approximate surface area is 147 Å². The standard InChI is InChI=1S/C19H18N2O3S/c1-3-13-20-18-19(25(22,23)15-10-5-4-6-11-15)21-17(24-18)16-12-8-7-9-14(16)2/h3-12,20H,1,13H2,2H3. The number of anilines is 1. The van der Waals surface area contributed by atoms with Gasteiger partial charge in [-0.3, -0.25) is 0 Å². The molecule has 2 aromatic carbocycles. The summed E-state index contributed by atoms with van der Waals surface area (Å²) in [7, 11) is -3.80. The molecule has 0 aliphatic rings.